The van der Waals surface area contributed by atoms with Gasteiger partial charge in [-0.3, -0.25) is 0 Å². The fourth-order valence-corrected chi connectivity index (χ4v) is 3.00. The van der Waals surface area contributed by atoms with Crippen molar-refractivity contribution in [1.29, 1.82) is 0 Å². The molecule has 1 N–H and O–H groups in total. The molecule has 1 heterocycles. The highest BCUT2D eigenvalue weighted by molar-refractivity contribution is 9.10. The number of hydrogen-bond acceptors (Lipinski definition) is 2. The summed E-state index contributed by atoms with van der Waals surface area (Å²) in [5.74, 6) is 0.968. The lowest BCUT2D eigenvalue weighted by Crippen LogP contribution is -2.22. The third kappa shape index (κ3) is 2.67. The first kappa shape index (κ1) is 12.7. The van der Waals surface area contributed by atoms with E-state index in [-0.39, 0.29) is 5.92 Å². The molecule has 0 aromatic heterocycles. The molecule has 0 saturated carbocycles. The molecule has 2 aromatic rings. The normalized spacial score (nSPS) is 18.7. The summed E-state index contributed by atoms with van der Waals surface area (Å²) in [5.41, 5.74) is 2.25. The SMILES string of the molecule is OC(Cc1cccc(Br)c1)C1COc2ccccc21. The molecule has 0 spiro atoms. The number of aliphatic hydroxyl groups excluding tert-OH is 1. The summed E-state index contributed by atoms with van der Waals surface area (Å²) in [6.45, 7) is 0.564. The molecule has 0 radical (unpaired) electrons. The molecular formula is C16H15BrO2. The maximum absolute atomic E-state index is 10.4. The van der Waals surface area contributed by atoms with Crippen molar-refractivity contribution in [3.05, 3.63) is 64.1 Å². The van der Waals surface area contributed by atoms with Crippen LogP contribution in [0.4, 0.5) is 0 Å². The zero-order valence-corrected chi connectivity index (χ0v) is 12.0. The Morgan fingerprint density at radius 3 is 2.89 bits per heavy atom. The van der Waals surface area contributed by atoms with Gasteiger partial charge in [0.25, 0.3) is 0 Å². The first-order valence-corrected chi connectivity index (χ1v) is 7.17. The second-order valence-corrected chi connectivity index (χ2v) is 5.77. The summed E-state index contributed by atoms with van der Waals surface area (Å²) < 4.78 is 6.67. The van der Waals surface area contributed by atoms with E-state index in [9.17, 15) is 5.11 Å². The molecule has 2 nitrogen and oxygen atoms in total. The van der Waals surface area contributed by atoms with Gasteiger partial charge in [0.05, 0.1) is 12.7 Å². The van der Waals surface area contributed by atoms with E-state index in [2.05, 4.69) is 15.9 Å². The van der Waals surface area contributed by atoms with Crippen LogP contribution in [0.15, 0.2) is 53.0 Å². The van der Waals surface area contributed by atoms with Crippen molar-refractivity contribution in [2.24, 2.45) is 0 Å². The minimum Gasteiger partial charge on any atom is -0.493 e. The van der Waals surface area contributed by atoms with Crippen LogP contribution in [-0.2, 0) is 6.42 Å². The van der Waals surface area contributed by atoms with Crippen LogP contribution < -0.4 is 4.74 Å². The van der Waals surface area contributed by atoms with E-state index in [1.165, 1.54) is 0 Å². The van der Waals surface area contributed by atoms with Crippen LogP contribution in [-0.4, -0.2) is 17.8 Å². The summed E-state index contributed by atoms with van der Waals surface area (Å²) in [7, 11) is 0. The van der Waals surface area contributed by atoms with Crippen LogP contribution >= 0.6 is 15.9 Å². The Morgan fingerprint density at radius 1 is 1.21 bits per heavy atom. The lowest BCUT2D eigenvalue weighted by Gasteiger charge is -2.17. The van der Waals surface area contributed by atoms with Crippen LogP contribution in [0, 0.1) is 0 Å². The number of rotatable bonds is 3. The summed E-state index contributed by atoms with van der Waals surface area (Å²) in [4.78, 5) is 0. The average molecular weight is 319 g/mol. The smallest absolute Gasteiger partial charge is 0.123 e. The predicted molar refractivity (Wildman–Crippen MR) is 78.5 cm³/mol. The van der Waals surface area contributed by atoms with Gasteiger partial charge in [-0.1, -0.05) is 46.3 Å². The molecule has 2 aromatic carbocycles. The van der Waals surface area contributed by atoms with E-state index in [1.807, 2.05) is 48.5 Å². The van der Waals surface area contributed by atoms with Crippen LogP contribution in [0.1, 0.15) is 17.0 Å². The molecule has 3 heteroatoms. The fraction of sp³-hybridized carbons (Fsp3) is 0.250. The van der Waals surface area contributed by atoms with Crippen LogP contribution in [0.2, 0.25) is 0 Å². The lowest BCUT2D eigenvalue weighted by atomic mass is 9.91. The van der Waals surface area contributed by atoms with E-state index in [4.69, 9.17) is 4.74 Å². The van der Waals surface area contributed by atoms with Crippen molar-refractivity contribution in [1.82, 2.24) is 0 Å². The van der Waals surface area contributed by atoms with Crippen LogP contribution in [0.3, 0.4) is 0 Å². The second kappa shape index (κ2) is 5.35. The Labute approximate surface area is 121 Å². The third-order valence-electron chi connectivity index (χ3n) is 3.54. The van der Waals surface area contributed by atoms with Gasteiger partial charge < -0.3 is 9.84 Å². The number of hydrogen-bond donors (Lipinski definition) is 1. The zero-order chi connectivity index (χ0) is 13.2. The van der Waals surface area contributed by atoms with Crippen molar-refractivity contribution < 1.29 is 9.84 Å². The van der Waals surface area contributed by atoms with E-state index in [0.29, 0.717) is 13.0 Å². The van der Waals surface area contributed by atoms with Crippen LogP contribution in [0.5, 0.6) is 5.75 Å². The van der Waals surface area contributed by atoms with Crippen molar-refractivity contribution in [3.8, 4) is 5.75 Å². The minimum atomic E-state index is -0.419. The van der Waals surface area contributed by atoms with Gasteiger partial charge in [-0.05, 0) is 30.2 Å². The molecule has 0 saturated heterocycles. The number of benzene rings is 2. The maximum atomic E-state index is 10.4. The number of aliphatic hydroxyl groups is 1. The second-order valence-electron chi connectivity index (χ2n) is 4.86. The number of halogens is 1. The number of ether oxygens (including phenoxy) is 1. The molecular weight excluding hydrogens is 304 g/mol. The number of fused-ring (bicyclic) bond motifs is 1. The largest absolute Gasteiger partial charge is 0.493 e. The van der Waals surface area contributed by atoms with Gasteiger partial charge in [0.15, 0.2) is 0 Å². The first-order chi connectivity index (χ1) is 9.24. The molecule has 98 valence electrons. The van der Waals surface area contributed by atoms with E-state index in [0.717, 1.165) is 21.3 Å². The van der Waals surface area contributed by atoms with Crippen LogP contribution in [0.25, 0.3) is 0 Å². The highest BCUT2D eigenvalue weighted by Crippen LogP contribution is 2.36. The van der Waals surface area contributed by atoms with Gasteiger partial charge in [-0.15, -0.1) is 0 Å². The molecule has 2 unspecified atom stereocenters. The Bertz CT molecular complexity index is 582. The highest BCUT2D eigenvalue weighted by atomic mass is 79.9. The van der Waals surface area contributed by atoms with Gasteiger partial charge in [-0.2, -0.15) is 0 Å². The van der Waals surface area contributed by atoms with Crippen molar-refractivity contribution in [3.63, 3.8) is 0 Å². The van der Waals surface area contributed by atoms with Gasteiger partial charge in [0.2, 0.25) is 0 Å². The topological polar surface area (TPSA) is 29.5 Å². The molecule has 2 atom stereocenters. The minimum absolute atomic E-state index is 0.0650. The van der Waals surface area contributed by atoms with Gasteiger partial charge in [0.1, 0.15) is 5.75 Å². The molecule has 0 bridgehead atoms. The lowest BCUT2D eigenvalue weighted by molar-refractivity contribution is 0.129. The standard InChI is InChI=1S/C16H15BrO2/c17-12-5-3-4-11(8-12)9-15(18)14-10-19-16-7-2-1-6-13(14)16/h1-8,14-15,18H,9-10H2. The molecule has 19 heavy (non-hydrogen) atoms. The molecule has 3 rings (SSSR count). The van der Waals surface area contributed by atoms with Crippen molar-refractivity contribution >= 4 is 15.9 Å². The fourth-order valence-electron chi connectivity index (χ4n) is 2.55. The Kier molecular flexibility index (Phi) is 3.58. The summed E-state index contributed by atoms with van der Waals surface area (Å²) in [5, 5.41) is 10.4. The average Bonchev–Trinajstić information content (AvgIpc) is 2.82. The first-order valence-electron chi connectivity index (χ1n) is 6.38. The summed E-state index contributed by atoms with van der Waals surface area (Å²) >= 11 is 3.46. The van der Waals surface area contributed by atoms with Crippen molar-refractivity contribution in [2.75, 3.05) is 6.61 Å². The predicted octanol–water partition coefficient (Wildman–Crippen LogP) is 3.53. The van der Waals surface area contributed by atoms with E-state index < -0.39 is 6.10 Å². The quantitative estimate of drug-likeness (QED) is 0.938. The van der Waals surface area contributed by atoms with Gasteiger partial charge in [0, 0.05) is 16.0 Å². The Hall–Kier alpha value is -1.32. The molecule has 0 aliphatic carbocycles. The highest BCUT2D eigenvalue weighted by Gasteiger charge is 2.29. The number of para-hydroxylation sites is 1. The summed E-state index contributed by atoms with van der Waals surface area (Å²) in [6, 6.07) is 16.0. The Morgan fingerprint density at radius 2 is 2.05 bits per heavy atom. The van der Waals surface area contributed by atoms with E-state index in [1.54, 1.807) is 0 Å². The third-order valence-corrected chi connectivity index (χ3v) is 4.03. The molecule has 1 aliphatic rings. The van der Waals surface area contributed by atoms with E-state index >= 15 is 0 Å². The Balaban J connectivity index is 1.77. The summed E-state index contributed by atoms with van der Waals surface area (Å²) in [6.07, 6.45) is 0.222. The molecule has 0 fully saturated rings. The monoisotopic (exact) mass is 318 g/mol. The maximum Gasteiger partial charge on any atom is 0.123 e. The molecule has 1 aliphatic heterocycles. The van der Waals surface area contributed by atoms with Gasteiger partial charge in [-0.25, -0.2) is 0 Å². The zero-order valence-electron chi connectivity index (χ0n) is 10.4. The van der Waals surface area contributed by atoms with Crippen molar-refractivity contribution in [2.45, 2.75) is 18.4 Å². The van der Waals surface area contributed by atoms with Gasteiger partial charge >= 0.3 is 0 Å². The molecule has 0 amide bonds.